The Bertz CT molecular complexity index is 397. The van der Waals surface area contributed by atoms with Crippen LogP contribution in [0.25, 0.3) is 0 Å². The molecule has 1 aromatic rings. The van der Waals surface area contributed by atoms with Crippen LogP contribution >= 0.6 is 0 Å². The normalized spacial score (nSPS) is 20.4. The number of hydrogen-bond donors (Lipinski definition) is 1. The van der Waals surface area contributed by atoms with Gasteiger partial charge in [0.15, 0.2) is 0 Å². The lowest BCUT2D eigenvalue weighted by atomic mass is 10.0. The average molecular weight is 261 g/mol. The van der Waals surface area contributed by atoms with Crippen LogP contribution in [-0.4, -0.2) is 25.9 Å². The van der Waals surface area contributed by atoms with Gasteiger partial charge in [-0.15, -0.1) is 0 Å². The molecule has 0 unspecified atom stereocenters. The van der Waals surface area contributed by atoms with E-state index in [9.17, 15) is 0 Å². The fraction of sp³-hybridized carbons (Fsp3) is 0.625. The van der Waals surface area contributed by atoms with E-state index in [2.05, 4.69) is 29.6 Å². The number of ether oxygens (including phenoxy) is 2. The molecule has 2 fully saturated rings. The van der Waals surface area contributed by atoms with E-state index in [1.54, 1.807) is 0 Å². The maximum Gasteiger partial charge on any atom is 0.119 e. The number of nitrogens with one attached hydrogen (secondary N) is 1. The standard InChI is InChI=1S/C16H23NO2/c1-2-14(11-17-15-4-5-15)10-16(3-1)19-12-13-6-8-18-9-7-13/h1-3,10,13,15,17H,4-9,11-12H2. The zero-order chi connectivity index (χ0) is 12.9. The zero-order valence-corrected chi connectivity index (χ0v) is 11.4. The summed E-state index contributed by atoms with van der Waals surface area (Å²) in [5.41, 5.74) is 1.32. The first-order valence-corrected chi connectivity index (χ1v) is 7.43. The highest BCUT2D eigenvalue weighted by Gasteiger charge is 2.20. The third-order valence-electron chi connectivity index (χ3n) is 3.90. The molecule has 0 spiro atoms. The van der Waals surface area contributed by atoms with E-state index in [4.69, 9.17) is 9.47 Å². The molecule has 0 radical (unpaired) electrons. The van der Waals surface area contributed by atoms with Crippen LogP contribution in [-0.2, 0) is 11.3 Å². The van der Waals surface area contributed by atoms with E-state index in [-0.39, 0.29) is 0 Å². The topological polar surface area (TPSA) is 30.5 Å². The van der Waals surface area contributed by atoms with E-state index in [1.807, 2.05) is 0 Å². The van der Waals surface area contributed by atoms with E-state index in [1.165, 1.54) is 18.4 Å². The number of benzene rings is 1. The molecular formula is C16H23NO2. The molecule has 1 saturated heterocycles. The molecule has 1 heterocycles. The molecule has 1 aliphatic carbocycles. The number of hydrogen-bond acceptors (Lipinski definition) is 3. The Balaban J connectivity index is 1.47. The fourth-order valence-corrected chi connectivity index (χ4v) is 2.42. The predicted molar refractivity (Wildman–Crippen MR) is 75.3 cm³/mol. The van der Waals surface area contributed by atoms with Gasteiger partial charge < -0.3 is 14.8 Å². The summed E-state index contributed by atoms with van der Waals surface area (Å²) in [5, 5.41) is 3.53. The number of rotatable bonds is 6. The smallest absolute Gasteiger partial charge is 0.119 e. The van der Waals surface area contributed by atoms with Crippen LogP contribution in [0.1, 0.15) is 31.2 Å². The van der Waals surface area contributed by atoms with Gasteiger partial charge in [0.25, 0.3) is 0 Å². The first kappa shape index (κ1) is 12.9. The Morgan fingerprint density at radius 1 is 1.16 bits per heavy atom. The summed E-state index contributed by atoms with van der Waals surface area (Å²) in [7, 11) is 0. The molecule has 1 aromatic carbocycles. The van der Waals surface area contributed by atoms with Crippen molar-refractivity contribution in [1.29, 1.82) is 0 Å². The van der Waals surface area contributed by atoms with Gasteiger partial charge in [-0.2, -0.15) is 0 Å². The van der Waals surface area contributed by atoms with E-state index in [0.29, 0.717) is 5.92 Å². The minimum Gasteiger partial charge on any atom is -0.493 e. The van der Waals surface area contributed by atoms with Gasteiger partial charge in [-0.25, -0.2) is 0 Å². The van der Waals surface area contributed by atoms with Crippen molar-refractivity contribution >= 4 is 0 Å². The Morgan fingerprint density at radius 3 is 2.79 bits per heavy atom. The minimum atomic E-state index is 0.655. The second-order valence-corrected chi connectivity index (χ2v) is 5.67. The Hall–Kier alpha value is -1.06. The molecule has 2 aliphatic rings. The highest BCUT2D eigenvalue weighted by molar-refractivity contribution is 5.28. The van der Waals surface area contributed by atoms with Crippen LogP contribution in [0.2, 0.25) is 0 Å². The third kappa shape index (κ3) is 4.22. The largest absolute Gasteiger partial charge is 0.493 e. The van der Waals surface area contributed by atoms with Gasteiger partial charge in [-0.1, -0.05) is 12.1 Å². The van der Waals surface area contributed by atoms with Crippen molar-refractivity contribution in [2.45, 2.75) is 38.3 Å². The summed E-state index contributed by atoms with van der Waals surface area (Å²) in [6, 6.07) is 9.22. The predicted octanol–water partition coefficient (Wildman–Crippen LogP) is 2.74. The van der Waals surface area contributed by atoms with Gasteiger partial charge in [0.2, 0.25) is 0 Å². The van der Waals surface area contributed by atoms with Crippen LogP contribution in [0.15, 0.2) is 24.3 Å². The van der Waals surface area contributed by atoms with Gasteiger partial charge in [0, 0.05) is 25.8 Å². The molecule has 3 rings (SSSR count). The molecular weight excluding hydrogens is 238 g/mol. The van der Waals surface area contributed by atoms with E-state index < -0.39 is 0 Å². The lowest BCUT2D eigenvalue weighted by Gasteiger charge is -2.22. The lowest BCUT2D eigenvalue weighted by Crippen LogP contribution is -2.21. The third-order valence-corrected chi connectivity index (χ3v) is 3.90. The highest BCUT2D eigenvalue weighted by Crippen LogP contribution is 2.21. The molecule has 0 bridgehead atoms. The fourth-order valence-electron chi connectivity index (χ4n) is 2.42. The maximum absolute atomic E-state index is 5.93. The molecule has 3 nitrogen and oxygen atoms in total. The molecule has 3 heteroatoms. The quantitative estimate of drug-likeness (QED) is 0.854. The zero-order valence-electron chi connectivity index (χ0n) is 11.4. The maximum atomic E-state index is 5.93. The molecule has 104 valence electrons. The average Bonchev–Trinajstić information content (AvgIpc) is 3.29. The summed E-state index contributed by atoms with van der Waals surface area (Å²) in [6.07, 6.45) is 4.92. The molecule has 0 atom stereocenters. The summed E-state index contributed by atoms with van der Waals surface area (Å²) in [6.45, 7) is 3.56. The monoisotopic (exact) mass is 261 g/mol. The van der Waals surface area contributed by atoms with Crippen molar-refractivity contribution in [2.75, 3.05) is 19.8 Å². The summed E-state index contributed by atoms with van der Waals surface area (Å²) < 4.78 is 11.3. The van der Waals surface area contributed by atoms with Crippen molar-refractivity contribution in [3.05, 3.63) is 29.8 Å². The van der Waals surface area contributed by atoms with Gasteiger partial charge in [0.05, 0.1) is 6.61 Å². The molecule has 19 heavy (non-hydrogen) atoms. The van der Waals surface area contributed by atoms with Gasteiger partial charge in [-0.05, 0) is 49.3 Å². The molecule has 0 amide bonds. The van der Waals surface area contributed by atoms with Gasteiger partial charge in [0.1, 0.15) is 5.75 Å². The van der Waals surface area contributed by atoms with Crippen LogP contribution in [0.5, 0.6) is 5.75 Å². The van der Waals surface area contributed by atoms with Crippen molar-refractivity contribution in [2.24, 2.45) is 5.92 Å². The summed E-state index contributed by atoms with van der Waals surface area (Å²) in [5.74, 6) is 1.66. The van der Waals surface area contributed by atoms with Gasteiger partial charge >= 0.3 is 0 Å². The van der Waals surface area contributed by atoms with E-state index in [0.717, 1.165) is 51.0 Å². The Morgan fingerprint density at radius 2 is 2.00 bits per heavy atom. The molecule has 0 aromatic heterocycles. The van der Waals surface area contributed by atoms with Crippen molar-refractivity contribution < 1.29 is 9.47 Å². The van der Waals surface area contributed by atoms with Crippen molar-refractivity contribution in [3.8, 4) is 5.75 Å². The summed E-state index contributed by atoms with van der Waals surface area (Å²) >= 11 is 0. The van der Waals surface area contributed by atoms with Crippen molar-refractivity contribution in [3.63, 3.8) is 0 Å². The van der Waals surface area contributed by atoms with Crippen molar-refractivity contribution in [1.82, 2.24) is 5.32 Å². The van der Waals surface area contributed by atoms with Crippen LogP contribution in [0.3, 0.4) is 0 Å². The first-order valence-electron chi connectivity index (χ1n) is 7.43. The highest BCUT2D eigenvalue weighted by atomic mass is 16.5. The van der Waals surface area contributed by atoms with Crippen LogP contribution in [0, 0.1) is 5.92 Å². The lowest BCUT2D eigenvalue weighted by molar-refractivity contribution is 0.0497. The van der Waals surface area contributed by atoms with Crippen LogP contribution in [0.4, 0.5) is 0 Å². The molecule has 1 aliphatic heterocycles. The second kappa shape index (κ2) is 6.40. The summed E-state index contributed by atoms with van der Waals surface area (Å²) in [4.78, 5) is 0. The second-order valence-electron chi connectivity index (χ2n) is 5.67. The Kier molecular flexibility index (Phi) is 4.36. The first-order chi connectivity index (χ1) is 9.40. The minimum absolute atomic E-state index is 0.655. The van der Waals surface area contributed by atoms with E-state index >= 15 is 0 Å². The Labute approximate surface area is 115 Å². The van der Waals surface area contributed by atoms with Gasteiger partial charge in [-0.3, -0.25) is 0 Å². The van der Waals surface area contributed by atoms with Crippen LogP contribution < -0.4 is 10.1 Å². The molecule has 1 saturated carbocycles. The molecule has 1 N–H and O–H groups in total. The SMILES string of the molecule is c1cc(CNC2CC2)cc(OCC2CCOCC2)c1.